The van der Waals surface area contributed by atoms with Crippen LogP contribution in [0.2, 0.25) is 0 Å². The van der Waals surface area contributed by atoms with E-state index in [9.17, 15) is 26.4 Å². The Morgan fingerprint density at radius 3 is 2.08 bits per heavy atom. The molecular formula is C29H23F4NO5S. The molecule has 0 aromatic heterocycles. The van der Waals surface area contributed by atoms with Gasteiger partial charge in [-0.05, 0) is 41.5 Å². The van der Waals surface area contributed by atoms with E-state index in [0.29, 0.717) is 11.1 Å². The van der Waals surface area contributed by atoms with Crippen molar-refractivity contribution >= 4 is 21.4 Å². The van der Waals surface area contributed by atoms with E-state index >= 15 is 4.39 Å². The molecule has 11 heteroatoms. The second kappa shape index (κ2) is 11.4. The number of carbonyl (C=O) groups is 1. The molecule has 6 nitrogen and oxygen atoms in total. The van der Waals surface area contributed by atoms with E-state index in [1.807, 2.05) is 0 Å². The highest BCUT2D eigenvalue weighted by atomic mass is 32.2. The predicted molar refractivity (Wildman–Crippen MR) is 143 cm³/mol. The van der Waals surface area contributed by atoms with Crippen LogP contribution in [0.5, 0.6) is 17.2 Å². The number of amides is 1. The molecule has 0 aliphatic carbocycles. The summed E-state index contributed by atoms with van der Waals surface area (Å²) in [6.45, 7) is 2.70. The fourth-order valence-electron chi connectivity index (χ4n) is 3.95. The number of carbonyl (C=O) groups excluding carboxylic acids is 1. The molecule has 4 aromatic rings. The summed E-state index contributed by atoms with van der Waals surface area (Å²) in [7, 11) is -3.49. The molecule has 1 amide bonds. The van der Waals surface area contributed by atoms with Gasteiger partial charge < -0.3 is 14.8 Å². The number of benzene rings is 4. The SMILES string of the molecule is CCS(=O)(=O)c1ccc(-c2cc(-c3ccccc3)c(Oc3cccc(OC(F)(F)F)c3)c(F)c2NC(C)=O)cc1. The smallest absolute Gasteiger partial charge is 0.453 e. The molecule has 0 radical (unpaired) electrons. The first-order chi connectivity index (χ1) is 18.9. The largest absolute Gasteiger partial charge is 0.573 e. The molecule has 4 aromatic carbocycles. The van der Waals surface area contributed by atoms with Gasteiger partial charge in [0.2, 0.25) is 5.91 Å². The van der Waals surface area contributed by atoms with Gasteiger partial charge in [0, 0.05) is 24.1 Å². The van der Waals surface area contributed by atoms with Gasteiger partial charge in [-0.15, -0.1) is 13.2 Å². The Kier molecular flexibility index (Phi) is 8.15. The molecule has 40 heavy (non-hydrogen) atoms. The van der Waals surface area contributed by atoms with Gasteiger partial charge in [-0.2, -0.15) is 0 Å². The Bertz CT molecular complexity index is 1640. The van der Waals surface area contributed by atoms with Gasteiger partial charge in [0.05, 0.1) is 16.3 Å². The van der Waals surface area contributed by atoms with Gasteiger partial charge in [-0.3, -0.25) is 4.79 Å². The van der Waals surface area contributed by atoms with Crippen LogP contribution in [-0.2, 0) is 14.6 Å². The Hall–Kier alpha value is -4.38. The van der Waals surface area contributed by atoms with Crippen LogP contribution in [0.1, 0.15) is 13.8 Å². The summed E-state index contributed by atoms with van der Waals surface area (Å²) in [4.78, 5) is 12.1. The normalized spacial score (nSPS) is 11.7. The molecule has 0 bridgehead atoms. The zero-order valence-corrected chi connectivity index (χ0v) is 22.1. The molecule has 0 spiro atoms. The number of alkyl halides is 3. The average molecular weight is 574 g/mol. The van der Waals surface area contributed by atoms with Crippen molar-refractivity contribution in [2.24, 2.45) is 0 Å². The first-order valence-electron chi connectivity index (χ1n) is 11.9. The van der Waals surface area contributed by atoms with E-state index in [1.165, 1.54) is 50.2 Å². The highest BCUT2D eigenvalue weighted by molar-refractivity contribution is 7.91. The molecule has 4 rings (SSSR count). The number of sulfone groups is 1. The molecule has 1 N–H and O–H groups in total. The van der Waals surface area contributed by atoms with Crippen molar-refractivity contribution in [1.29, 1.82) is 0 Å². The topological polar surface area (TPSA) is 81.7 Å². The summed E-state index contributed by atoms with van der Waals surface area (Å²) in [5.74, 6) is -2.74. The van der Waals surface area contributed by atoms with Crippen LogP contribution in [-0.4, -0.2) is 26.4 Å². The third-order valence-electron chi connectivity index (χ3n) is 5.77. The van der Waals surface area contributed by atoms with Crippen LogP contribution < -0.4 is 14.8 Å². The van der Waals surface area contributed by atoms with E-state index < -0.39 is 33.7 Å². The lowest BCUT2D eigenvalue weighted by atomic mass is 9.95. The molecule has 0 saturated carbocycles. The summed E-state index contributed by atoms with van der Waals surface area (Å²) in [5, 5.41) is 2.46. The zero-order chi connectivity index (χ0) is 29.1. The molecular weight excluding hydrogens is 550 g/mol. The Morgan fingerprint density at radius 2 is 1.48 bits per heavy atom. The average Bonchev–Trinajstić information content (AvgIpc) is 2.90. The second-order valence-electron chi connectivity index (χ2n) is 8.59. The number of hydrogen-bond donors (Lipinski definition) is 1. The molecule has 0 saturated heterocycles. The number of ether oxygens (including phenoxy) is 2. The Labute approximate surface area is 228 Å². The maximum Gasteiger partial charge on any atom is 0.573 e. The van der Waals surface area contributed by atoms with Gasteiger partial charge >= 0.3 is 6.36 Å². The lowest BCUT2D eigenvalue weighted by molar-refractivity contribution is -0.274. The van der Waals surface area contributed by atoms with Crippen molar-refractivity contribution in [3.63, 3.8) is 0 Å². The van der Waals surface area contributed by atoms with Crippen molar-refractivity contribution < 1.29 is 40.2 Å². The summed E-state index contributed by atoms with van der Waals surface area (Å²) in [6, 6.07) is 20.5. The van der Waals surface area contributed by atoms with E-state index in [2.05, 4.69) is 10.1 Å². The number of hydrogen-bond acceptors (Lipinski definition) is 5. The highest BCUT2D eigenvalue weighted by Crippen LogP contribution is 2.45. The predicted octanol–water partition coefficient (Wildman–Crippen LogP) is 7.60. The first kappa shape index (κ1) is 28.6. The van der Waals surface area contributed by atoms with Crippen molar-refractivity contribution in [2.45, 2.75) is 25.1 Å². The van der Waals surface area contributed by atoms with Gasteiger partial charge in [-0.25, -0.2) is 12.8 Å². The fourth-order valence-corrected chi connectivity index (χ4v) is 4.84. The zero-order valence-electron chi connectivity index (χ0n) is 21.3. The third-order valence-corrected chi connectivity index (χ3v) is 7.52. The molecule has 0 aliphatic heterocycles. The van der Waals surface area contributed by atoms with Crippen molar-refractivity contribution in [2.75, 3.05) is 11.1 Å². The van der Waals surface area contributed by atoms with E-state index in [0.717, 1.165) is 12.1 Å². The summed E-state index contributed by atoms with van der Waals surface area (Å²) in [6.07, 6.45) is -4.94. The molecule has 0 heterocycles. The minimum absolute atomic E-state index is 0.0875. The van der Waals surface area contributed by atoms with Crippen LogP contribution in [0.25, 0.3) is 22.3 Å². The monoisotopic (exact) mass is 573 g/mol. The lowest BCUT2D eigenvalue weighted by Crippen LogP contribution is -2.17. The number of halogens is 4. The van der Waals surface area contributed by atoms with Crippen LogP contribution in [0.15, 0.2) is 89.8 Å². The van der Waals surface area contributed by atoms with Gasteiger partial charge in [0.1, 0.15) is 11.5 Å². The fraction of sp³-hybridized carbons (Fsp3) is 0.138. The molecule has 0 atom stereocenters. The van der Waals surface area contributed by atoms with E-state index in [4.69, 9.17) is 4.74 Å². The highest BCUT2D eigenvalue weighted by Gasteiger charge is 2.31. The Balaban J connectivity index is 1.91. The third kappa shape index (κ3) is 6.60. The number of rotatable bonds is 8. The van der Waals surface area contributed by atoms with Gasteiger partial charge in [0.15, 0.2) is 21.4 Å². The summed E-state index contributed by atoms with van der Waals surface area (Å²) < 4.78 is 88.8. The molecule has 0 fully saturated rings. The molecule has 0 unspecified atom stereocenters. The second-order valence-corrected chi connectivity index (χ2v) is 10.9. The molecule has 0 aliphatic rings. The molecule has 208 valence electrons. The van der Waals surface area contributed by atoms with Crippen LogP contribution in [0.3, 0.4) is 0 Å². The number of nitrogens with one attached hydrogen (secondary N) is 1. The van der Waals surface area contributed by atoms with E-state index in [-0.39, 0.29) is 39.0 Å². The van der Waals surface area contributed by atoms with E-state index in [1.54, 1.807) is 36.4 Å². The van der Waals surface area contributed by atoms with Crippen LogP contribution in [0, 0.1) is 5.82 Å². The summed E-state index contributed by atoms with van der Waals surface area (Å²) >= 11 is 0. The van der Waals surface area contributed by atoms with Crippen LogP contribution >= 0.6 is 0 Å². The van der Waals surface area contributed by atoms with Crippen molar-refractivity contribution in [3.05, 3.63) is 90.7 Å². The van der Waals surface area contributed by atoms with Crippen LogP contribution in [0.4, 0.5) is 23.2 Å². The standard InChI is InChI=1S/C29H23F4NO5S/c1-3-40(36,37)23-14-12-20(13-15-23)24-17-25(19-8-5-4-6-9-19)28(26(30)27(24)34-18(2)35)38-21-10-7-11-22(16-21)39-29(31,32)33/h4-17H,3H2,1-2H3,(H,34,35). The summed E-state index contributed by atoms with van der Waals surface area (Å²) in [5.41, 5.74) is 1.13. The van der Waals surface area contributed by atoms with Gasteiger partial charge in [0.25, 0.3) is 0 Å². The van der Waals surface area contributed by atoms with Crippen molar-refractivity contribution in [1.82, 2.24) is 0 Å². The maximum atomic E-state index is 16.3. The first-order valence-corrected chi connectivity index (χ1v) is 13.6. The minimum atomic E-state index is -4.94. The lowest BCUT2D eigenvalue weighted by Gasteiger charge is -2.20. The van der Waals surface area contributed by atoms with Crippen molar-refractivity contribution in [3.8, 4) is 39.5 Å². The Morgan fingerprint density at radius 1 is 0.850 bits per heavy atom. The minimum Gasteiger partial charge on any atom is -0.453 e. The van der Waals surface area contributed by atoms with Gasteiger partial charge in [-0.1, -0.05) is 55.5 Å². The number of anilines is 1. The quantitative estimate of drug-likeness (QED) is 0.220. The maximum absolute atomic E-state index is 16.3.